The van der Waals surface area contributed by atoms with Gasteiger partial charge >= 0.3 is 0 Å². The minimum atomic E-state index is -0.489. The van der Waals surface area contributed by atoms with E-state index in [2.05, 4.69) is 10.3 Å². The van der Waals surface area contributed by atoms with E-state index in [0.29, 0.717) is 5.71 Å². The van der Waals surface area contributed by atoms with Crippen LogP contribution in [0.25, 0.3) is 0 Å². The third kappa shape index (κ3) is 2.44. The Bertz CT molecular complexity index is 735. The highest BCUT2D eigenvalue weighted by atomic mass is 19.1. The number of carbonyl (C=O) groups is 1. The molecule has 0 saturated carbocycles. The molecule has 3 nitrogen and oxygen atoms in total. The van der Waals surface area contributed by atoms with Gasteiger partial charge in [-0.05, 0) is 43.7 Å². The molecule has 1 atom stereocenters. The topological polar surface area (TPSA) is 41.5 Å². The summed E-state index contributed by atoms with van der Waals surface area (Å²) in [6.07, 6.45) is 0. The number of fused-ring (bicyclic) bond motifs is 1. The maximum Gasteiger partial charge on any atom is 0.248 e. The summed E-state index contributed by atoms with van der Waals surface area (Å²) in [6, 6.07) is 11.5. The quantitative estimate of drug-likeness (QED) is 0.856. The van der Waals surface area contributed by atoms with Crippen molar-refractivity contribution in [3.05, 3.63) is 65.0 Å². The molecule has 1 amide bonds. The van der Waals surface area contributed by atoms with E-state index in [-0.39, 0.29) is 11.7 Å². The molecule has 0 fully saturated rings. The lowest BCUT2D eigenvalue weighted by Crippen LogP contribution is -2.22. The number of hydrogen-bond acceptors (Lipinski definition) is 2. The number of carbonyl (C=O) groups excluding carboxylic acids is 1. The Morgan fingerprint density at radius 2 is 1.86 bits per heavy atom. The van der Waals surface area contributed by atoms with Crippen molar-refractivity contribution >= 4 is 17.3 Å². The van der Waals surface area contributed by atoms with Gasteiger partial charge in [-0.25, -0.2) is 4.39 Å². The van der Waals surface area contributed by atoms with Crippen molar-refractivity contribution in [1.82, 2.24) is 0 Å². The van der Waals surface area contributed by atoms with Crippen LogP contribution in [0.2, 0.25) is 0 Å². The van der Waals surface area contributed by atoms with Gasteiger partial charge in [-0.2, -0.15) is 0 Å². The zero-order valence-corrected chi connectivity index (χ0v) is 11.9. The SMILES string of the molecule is Cc1cccc2c1NC(=O)C(C)N=C2c1ccc(F)cc1. The molecule has 1 aliphatic rings. The molecule has 2 aromatic rings. The standard InChI is InChI=1S/C17H15FN2O/c1-10-4-3-5-14-15(10)20-17(21)11(2)19-16(14)12-6-8-13(18)9-7-12/h3-9,11H,1-2H3,(H,20,21). The number of rotatable bonds is 1. The number of anilines is 1. The lowest BCUT2D eigenvalue weighted by atomic mass is 9.98. The van der Waals surface area contributed by atoms with Gasteiger partial charge in [0.05, 0.1) is 11.4 Å². The molecular formula is C17H15FN2O. The van der Waals surface area contributed by atoms with Crippen LogP contribution in [0.5, 0.6) is 0 Å². The first-order chi connectivity index (χ1) is 10.1. The molecule has 2 aromatic carbocycles. The molecule has 0 aliphatic carbocycles. The van der Waals surface area contributed by atoms with Gasteiger partial charge in [0, 0.05) is 11.1 Å². The number of para-hydroxylation sites is 1. The lowest BCUT2D eigenvalue weighted by Gasteiger charge is -2.12. The second-order valence-corrected chi connectivity index (χ2v) is 5.15. The summed E-state index contributed by atoms with van der Waals surface area (Å²) in [7, 11) is 0. The smallest absolute Gasteiger partial charge is 0.248 e. The predicted octanol–water partition coefficient (Wildman–Crippen LogP) is 3.31. The van der Waals surface area contributed by atoms with Crippen molar-refractivity contribution in [3.63, 3.8) is 0 Å². The third-order valence-electron chi connectivity index (χ3n) is 3.60. The van der Waals surface area contributed by atoms with E-state index < -0.39 is 6.04 Å². The Kier molecular flexibility index (Phi) is 3.29. The number of amides is 1. The molecular weight excluding hydrogens is 267 g/mol. The average Bonchev–Trinajstić information content (AvgIpc) is 2.59. The molecule has 106 valence electrons. The van der Waals surface area contributed by atoms with Gasteiger partial charge in [0.15, 0.2) is 0 Å². The fraction of sp³-hybridized carbons (Fsp3) is 0.176. The van der Waals surface area contributed by atoms with Crippen molar-refractivity contribution in [3.8, 4) is 0 Å². The van der Waals surface area contributed by atoms with Crippen LogP contribution in [0, 0.1) is 12.7 Å². The summed E-state index contributed by atoms with van der Waals surface area (Å²) in [5, 5.41) is 2.92. The highest BCUT2D eigenvalue weighted by molar-refractivity contribution is 6.19. The largest absolute Gasteiger partial charge is 0.323 e. The minimum Gasteiger partial charge on any atom is -0.323 e. The van der Waals surface area contributed by atoms with Crippen LogP contribution in [0.1, 0.15) is 23.6 Å². The number of benzene rings is 2. The third-order valence-corrected chi connectivity index (χ3v) is 3.60. The minimum absolute atomic E-state index is 0.136. The van der Waals surface area contributed by atoms with Crippen LogP contribution >= 0.6 is 0 Å². The van der Waals surface area contributed by atoms with Gasteiger partial charge in [-0.1, -0.05) is 18.2 Å². The molecule has 3 rings (SSSR count). The first-order valence-corrected chi connectivity index (χ1v) is 6.81. The van der Waals surface area contributed by atoms with E-state index in [9.17, 15) is 9.18 Å². The number of nitrogens with one attached hydrogen (secondary N) is 1. The van der Waals surface area contributed by atoms with Crippen LogP contribution in [-0.2, 0) is 4.79 Å². The van der Waals surface area contributed by atoms with Crippen molar-refractivity contribution in [2.45, 2.75) is 19.9 Å². The molecule has 0 aromatic heterocycles. The fourth-order valence-electron chi connectivity index (χ4n) is 2.42. The van der Waals surface area contributed by atoms with Crippen molar-refractivity contribution < 1.29 is 9.18 Å². The van der Waals surface area contributed by atoms with E-state index >= 15 is 0 Å². The Labute approximate surface area is 122 Å². The number of halogens is 1. The lowest BCUT2D eigenvalue weighted by molar-refractivity contribution is -0.116. The molecule has 1 N–H and O–H groups in total. The summed E-state index contributed by atoms with van der Waals surface area (Å²) in [6.45, 7) is 3.69. The molecule has 0 saturated heterocycles. The maximum atomic E-state index is 13.1. The van der Waals surface area contributed by atoms with Gasteiger partial charge in [0.2, 0.25) is 5.91 Å². The molecule has 1 aliphatic heterocycles. The second kappa shape index (κ2) is 5.13. The van der Waals surface area contributed by atoms with Gasteiger partial charge in [-0.15, -0.1) is 0 Å². The summed E-state index contributed by atoms with van der Waals surface area (Å²) in [5.74, 6) is -0.428. The van der Waals surface area contributed by atoms with Crippen LogP contribution in [0.3, 0.4) is 0 Å². The number of aliphatic imine (C=N–C) groups is 1. The average molecular weight is 282 g/mol. The highest BCUT2D eigenvalue weighted by Crippen LogP contribution is 2.27. The van der Waals surface area contributed by atoms with E-state index in [0.717, 1.165) is 22.4 Å². The number of hydrogen-bond donors (Lipinski definition) is 1. The summed E-state index contributed by atoms with van der Waals surface area (Å²) in [4.78, 5) is 16.6. The van der Waals surface area contributed by atoms with Crippen molar-refractivity contribution in [2.75, 3.05) is 5.32 Å². The van der Waals surface area contributed by atoms with Crippen LogP contribution in [0.15, 0.2) is 47.5 Å². The first kappa shape index (κ1) is 13.5. The predicted molar refractivity (Wildman–Crippen MR) is 81.3 cm³/mol. The van der Waals surface area contributed by atoms with Crippen LogP contribution < -0.4 is 5.32 Å². The molecule has 1 unspecified atom stereocenters. The molecule has 21 heavy (non-hydrogen) atoms. The van der Waals surface area contributed by atoms with E-state index in [4.69, 9.17) is 0 Å². The molecule has 0 spiro atoms. The van der Waals surface area contributed by atoms with Crippen molar-refractivity contribution in [1.29, 1.82) is 0 Å². The van der Waals surface area contributed by atoms with Gasteiger partial charge in [-0.3, -0.25) is 9.79 Å². The van der Waals surface area contributed by atoms with Crippen LogP contribution in [0.4, 0.5) is 10.1 Å². The Balaban J connectivity index is 2.22. The normalized spacial score (nSPS) is 17.6. The van der Waals surface area contributed by atoms with E-state index in [1.165, 1.54) is 12.1 Å². The first-order valence-electron chi connectivity index (χ1n) is 6.81. The monoisotopic (exact) mass is 282 g/mol. The number of nitrogens with zero attached hydrogens (tertiary/aromatic N) is 1. The van der Waals surface area contributed by atoms with Gasteiger partial charge < -0.3 is 5.32 Å². The summed E-state index contributed by atoms with van der Waals surface area (Å²) >= 11 is 0. The number of aryl methyl sites for hydroxylation is 1. The second-order valence-electron chi connectivity index (χ2n) is 5.15. The van der Waals surface area contributed by atoms with E-state index in [1.807, 2.05) is 25.1 Å². The van der Waals surface area contributed by atoms with Crippen LogP contribution in [-0.4, -0.2) is 17.7 Å². The molecule has 0 radical (unpaired) electrons. The summed E-state index contributed by atoms with van der Waals surface area (Å²) < 4.78 is 13.1. The Hall–Kier alpha value is -2.49. The Morgan fingerprint density at radius 3 is 2.57 bits per heavy atom. The highest BCUT2D eigenvalue weighted by Gasteiger charge is 2.23. The molecule has 0 bridgehead atoms. The zero-order valence-electron chi connectivity index (χ0n) is 11.9. The molecule has 4 heteroatoms. The molecule has 1 heterocycles. The van der Waals surface area contributed by atoms with E-state index in [1.54, 1.807) is 19.1 Å². The maximum absolute atomic E-state index is 13.1. The van der Waals surface area contributed by atoms with Gasteiger partial charge in [0.1, 0.15) is 11.9 Å². The van der Waals surface area contributed by atoms with Gasteiger partial charge in [0.25, 0.3) is 0 Å². The number of benzodiazepines with no additional fused rings is 1. The fourth-order valence-corrected chi connectivity index (χ4v) is 2.42. The summed E-state index contributed by atoms with van der Waals surface area (Å²) in [5.41, 5.74) is 4.12. The van der Waals surface area contributed by atoms with Crippen molar-refractivity contribution in [2.24, 2.45) is 4.99 Å². The zero-order chi connectivity index (χ0) is 15.0. The Morgan fingerprint density at radius 1 is 1.14 bits per heavy atom.